The van der Waals surface area contributed by atoms with Crippen LogP contribution in [0.4, 0.5) is 19.0 Å². The minimum absolute atomic E-state index is 0.0569. The molecule has 0 saturated heterocycles. The molecular formula is C27H28F3N3O4. The predicted octanol–water partition coefficient (Wildman–Crippen LogP) is 4.95. The van der Waals surface area contributed by atoms with Crippen LogP contribution in [0.25, 0.3) is 0 Å². The first kappa shape index (κ1) is 27.5. The van der Waals surface area contributed by atoms with E-state index in [0.29, 0.717) is 25.3 Å². The third-order valence-electron chi connectivity index (χ3n) is 5.54. The lowest BCUT2D eigenvalue weighted by atomic mass is 10.0. The summed E-state index contributed by atoms with van der Waals surface area (Å²) in [6, 6.07) is 13.4. The average molecular weight is 516 g/mol. The van der Waals surface area contributed by atoms with Gasteiger partial charge in [-0.3, -0.25) is 9.59 Å². The monoisotopic (exact) mass is 515 g/mol. The van der Waals surface area contributed by atoms with E-state index in [0.717, 1.165) is 36.4 Å². The van der Waals surface area contributed by atoms with Crippen molar-refractivity contribution in [3.05, 3.63) is 88.9 Å². The zero-order chi connectivity index (χ0) is 26.8. The maximum Gasteiger partial charge on any atom is 0.300 e. The lowest BCUT2D eigenvalue weighted by Crippen LogP contribution is -2.29. The van der Waals surface area contributed by atoms with Crippen molar-refractivity contribution in [1.29, 1.82) is 0 Å². The Balaban J connectivity index is 0.000000886. The van der Waals surface area contributed by atoms with E-state index >= 15 is 0 Å². The van der Waals surface area contributed by atoms with Crippen LogP contribution >= 0.6 is 0 Å². The highest BCUT2D eigenvalue weighted by Gasteiger charge is 2.23. The number of aliphatic carboxylic acids is 1. The van der Waals surface area contributed by atoms with Gasteiger partial charge in [0.25, 0.3) is 5.97 Å². The van der Waals surface area contributed by atoms with E-state index < -0.39 is 23.4 Å². The molecule has 4 rings (SSSR count). The summed E-state index contributed by atoms with van der Waals surface area (Å²) in [6.07, 6.45) is 3.31. The first-order chi connectivity index (χ1) is 17.7. The number of benzene rings is 2. The topological polar surface area (TPSA) is 91.8 Å². The summed E-state index contributed by atoms with van der Waals surface area (Å²) >= 11 is 0. The third-order valence-corrected chi connectivity index (χ3v) is 5.54. The molecule has 2 heterocycles. The molecule has 0 aliphatic carbocycles. The number of hydrogen-bond acceptors (Lipinski definition) is 5. The Labute approximate surface area is 212 Å². The average Bonchev–Trinajstić information content (AvgIpc) is 3.02. The Bertz CT molecular complexity index is 1220. The number of pyridine rings is 1. The lowest BCUT2D eigenvalue weighted by molar-refractivity contribution is -0.134. The Morgan fingerprint density at radius 3 is 2.59 bits per heavy atom. The van der Waals surface area contributed by atoms with Crippen molar-refractivity contribution in [2.75, 3.05) is 18.5 Å². The van der Waals surface area contributed by atoms with Gasteiger partial charge in [0, 0.05) is 44.7 Å². The second-order valence-corrected chi connectivity index (χ2v) is 8.38. The minimum Gasteiger partial charge on any atom is -0.494 e. The van der Waals surface area contributed by atoms with Crippen molar-refractivity contribution in [2.24, 2.45) is 0 Å². The van der Waals surface area contributed by atoms with Crippen molar-refractivity contribution in [2.45, 2.75) is 39.3 Å². The number of halogens is 3. The van der Waals surface area contributed by atoms with E-state index in [1.54, 1.807) is 6.20 Å². The molecule has 0 bridgehead atoms. The van der Waals surface area contributed by atoms with Crippen LogP contribution in [-0.2, 0) is 29.1 Å². The van der Waals surface area contributed by atoms with Gasteiger partial charge < -0.3 is 20.1 Å². The number of carboxylic acids is 1. The van der Waals surface area contributed by atoms with E-state index in [1.165, 1.54) is 11.0 Å². The number of carbonyl (C=O) groups excluding carboxylic acids is 1. The number of fused-ring (bicyclic) bond motifs is 1. The van der Waals surface area contributed by atoms with Crippen LogP contribution in [0.5, 0.6) is 5.75 Å². The summed E-state index contributed by atoms with van der Waals surface area (Å²) in [5.74, 6) is -3.55. The van der Waals surface area contributed by atoms with Crippen LogP contribution in [0.15, 0.2) is 54.7 Å². The smallest absolute Gasteiger partial charge is 0.300 e. The summed E-state index contributed by atoms with van der Waals surface area (Å²) in [7, 11) is 0. The Kier molecular flexibility index (Phi) is 9.88. The van der Waals surface area contributed by atoms with Crippen LogP contribution in [0.2, 0.25) is 0 Å². The normalized spacial score (nSPS) is 12.6. The van der Waals surface area contributed by atoms with Gasteiger partial charge in [-0.05, 0) is 54.3 Å². The zero-order valence-corrected chi connectivity index (χ0v) is 20.3. The number of amides is 1. The highest BCUT2D eigenvalue weighted by Crippen LogP contribution is 2.26. The molecule has 0 fully saturated rings. The predicted molar refractivity (Wildman–Crippen MR) is 131 cm³/mol. The van der Waals surface area contributed by atoms with Gasteiger partial charge in [-0.2, -0.15) is 0 Å². The Morgan fingerprint density at radius 2 is 1.86 bits per heavy atom. The molecule has 0 radical (unpaired) electrons. The fourth-order valence-electron chi connectivity index (χ4n) is 3.76. The van der Waals surface area contributed by atoms with Crippen molar-refractivity contribution in [3.8, 4) is 5.75 Å². The van der Waals surface area contributed by atoms with Gasteiger partial charge in [0.15, 0.2) is 17.5 Å². The van der Waals surface area contributed by atoms with Gasteiger partial charge in [-0.25, -0.2) is 18.2 Å². The van der Waals surface area contributed by atoms with Gasteiger partial charge in [-0.1, -0.05) is 18.2 Å². The lowest BCUT2D eigenvalue weighted by Gasteiger charge is -2.22. The van der Waals surface area contributed by atoms with Crippen molar-refractivity contribution < 1.29 is 32.6 Å². The number of anilines is 1. The first-order valence-electron chi connectivity index (χ1n) is 11.7. The maximum atomic E-state index is 14.1. The Morgan fingerprint density at radius 1 is 1.08 bits per heavy atom. The molecule has 2 N–H and O–H groups in total. The second kappa shape index (κ2) is 13.3. The van der Waals surface area contributed by atoms with Crippen LogP contribution in [0, 0.1) is 17.5 Å². The molecule has 0 atom stereocenters. The fourth-order valence-corrected chi connectivity index (χ4v) is 3.76. The number of aryl methyl sites for hydroxylation is 1. The molecular weight excluding hydrogens is 487 g/mol. The van der Waals surface area contributed by atoms with Gasteiger partial charge in [0.1, 0.15) is 11.6 Å². The molecule has 2 aromatic carbocycles. The number of aromatic nitrogens is 1. The molecule has 1 aromatic heterocycles. The van der Waals surface area contributed by atoms with Crippen LogP contribution in [-0.4, -0.2) is 40.0 Å². The van der Waals surface area contributed by atoms with E-state index in [4.69, 9.17) is 14.6 Å². The quantitative estimate of drug-likeness (QED) is 0.326. The highest BCUT2D eigenvalue weighted by atomic mass is 19.2. The summed E-state index contributed by atoms with van der Waals surface area (Å²) in [4.78, 5) is 27.3. The maximum absolute atomic E-state index is 14.1. The first-order valence-corrected chi connectivity index (χ1v) is 11.7. The molecule has 1 amide bonds. The third kappa shape index (κ3) is 8.23. The minimum atomic E-state index is -1.52. The number of carboxylic acid groups (broad SMARTS) is 1. The van der Waals surface area contributed by atoms with Gasteiger partial charge in [0.2, 0.25) is 5.91 Å². The van der Waals surface area contributed by atoms with Crippen molar-refractivity contribution in [1.82, 2.24) is 9.88 Å². The molecule has 0 spiro atoms. The molecule has 196 valence electrons. The SMILES string of the molecule is CC(=O)O.O=C1CCc2ccc(OCCCNc3ccccn3)cc2CN1Cc1ccc(F)c(F)c1F. The molecule has 10 heteroatoms. The highest BCUT2D eigenvalue weighted by molar-refractivity contribution is 5.77. The summed E-state index contributed by atoms with van der Waals surface area (Å²) in [5, 5.41) is 10.6. The van der Waals surface area contributed by atoms with Gasteiger partial charge >= 0.3 is 0 Å². The van der Waals surface area contributed by atoms with Gasteiger partial charge in [0.05, 0.1) is 6.61 Å². The standard InChI is InChI=1S/C25H24F3N3O2.C2H4O2/c26-21-9-6-18(24(27)25(21)28)15-31-16-19-14-20(8-5-17(19)7-10-23(31)32)33-13-3-12-30-22-4-1-2-11-29-22;1-2(3)4/h1-2,4-6,8-9,11,14H,3,7,10,12-13,15-16H2,(H,29,30);1H3,(H,3,4). The number of nitrogens with one attached hydrogen (secondary N) is 1. The molecule has 7 nitrogen and oxygen atoms in total. The second-order valence-electron chi connectivity index (χ2n) is 8.38. The number of hydrogen-bond donors (Lipinski definition) is 2. The van der Waals surface area contributed by atoms with Crippen LogP contribution in [0.1, 0.15) is 36.5 Å². The van der Waals surface area contributed by atoms with Crippen LogP contribution in [0.3, 0.4) is 0 Å². The van der Waals surface area contributed by atoms with E-state index in [9.17, 15) is 18.0 Å². The molecule has 0 saturated carbocycles. The molecule has 1 aliphatic rings. The van der Waals surface area contributed by atoms with E-state index in [1.807, 2.05) is 36.4 Å². The molecule has 37 heavy (non-hydrogen) atoms. The fraction of sp³-hybridized carbons (Fsp3) is 0.296. The van der Waals surface area contributed by atoms with E-state index in [2.05, 4.69) is 10.3 Å². The summed E-state index contributed by atoms with van der Waals surface area (Å²) < 4.78 is 46.8. The summed E-state index contributed by atoms with van der Waals surface area (Å²) in [6.45, 7) is 2.40. The van der Waals surface area contributed by atoms with Crippen molar-refractivity contribution >= 4 is 17.7 Å². The van der Waals surface area contributed by atoms with Crippen molar-refractivity contribution in [3.63, 3.8) is 0 Å². The zero-order valence-electron chi connectivity index (χ0n) is 20.3. The number of nitrogens with zero attached hydrogens (tertiary/aromatic N) is 2. The number of carbonyl (C=O) groups is 2. The molecule has 1 aliphatic heterocycles. The summed E-state index contributed by atoms with van der Waals surface area (Å²) in [5.41, 5.74) is 1.85. The number of ether oxygens (including phenoxy) is 1. The van der Waals surface area contributed by atoms with Crippen LogP contribution < -0.4 is 10.1 Å². The van der Waals surface area contributed by atoms with Gasteiger partial charge in [-0.15, -0.1) is 0 Å². The number of rotatable bonds is 8. The Hall–Kier alpha value is -4.08. The van der Waals surface area contributed by atoms with E-state index in [-0.39, 0.29) is 31.0 Å². The molecule has 0 unspecified atom stereocenters. The largest absolute Gasteiger partial charge is 0.494 e. The molecule has 3 aromatic rings.